The van der Waals surface area contributed by atoms with Crippen LogP contribution in [0.2, 0.25) is 0 Å². The minimum absolute atomic E-state index is 0. The molecule has 22 heteroatoms. The second kappa shape index (κ2) is 20.9. The van der Waals surface area contributed by atoms with Crippen LogP contribution in [0, 0.1) is 20.9 Å². The SMILES string of the molecule is C.CC(=O)Nc1cnn(C(=O)N2CCC3(CC2)CN(C(=O)OC(C)(C)C)C3)c1.CC(=O)Nc1cnn(C(=O)Oc2ccc([N+](=O)[O-])cc2)c1.CC(C)(C)OC(=O)N1CC2(CCNCC2)C1. The van der Waals surface area contributed by atoms with E-state index >= 15 is 0 Å². The molecule has 356 valence electrons. The van der Waals surface area contributed by atoms with Gasteiger partial charge >= 0.3 is 24.3 Å². The van der Waals surface area contributed by atoms with E-state index in [4.69, 9.17) is 14.2 Å². The van der Waals surface area contributed by atoms with E-state index in [1.807, 2.05) is 46.4 Å². The number of piperidine rings is 2. The van der Waals surface area contributed by atoms with Gasteiger partial charge in [-0.05, 0) is 92.4 Å². The van der Waals surface area contributed by atoms with Gasteiger partial charge in [0.25, 0.3) is 5.69 Å². The maximum absolute atomic E-state index is 12.6. The predicted molar refractivity (Wildman–Crippen MR) is 238 cm³/mol. The van der Waals surface area contributed by atoms with E-state index in [-0.39, 0.29) is 59.9 Å². The minimum atomic E-state index is -0.805. The Morgan fingerprint density at radius 2 is 1.11 bits per heavy atom. The Balaban J connectivity index is 0.000000219. The summed E-state index contributed by atoms with van der Waals surface area (Å²) in [4.78, 5) is 85.4. The van der Waals surface area contributed by atoms with Gasteiger partial charge in [0.2, 0.25) is 11.8 Å². The second-order valence-electron chi connectivity index (χ2n) is 18.5. The van der Waals surface area contributed by atoms with Crippen molar-refractivity contribution in [3.8, 4) is 5.75 Å². The molecule has 0 unspecified atom stereocenters. The van der Waals surface area contributed by atoms with Crippen molar-refractivity contribution in [3.05, 3.63) is 59.2 Å². The Labute approximate surface area is 378 Å². The summed E-state index contributed by atoms with van der Waals surface area (Å²) in [7, 11) is 0. The van der Waals surface area contributed by atoms with Gasteiger partial charge in [0, 0.05) is 76.1 Å². The number of nitro benzene ring substituents is 1. The largest absolute Gasteiger partial charge is 0.444 e. The molecule has 3 aromatic rings. The van der Waals surface area contributed by atoms with Crippen molar-refractivity contribution < 1.29 is 47.9 Å². The van der Waals surface area contributed by atoms with E-state index in [2.05, 4.69) is 26.1 Å². The summed E-state index contributed by atoms with van der Waals surface area (Å²) in [5, 5.41) is 26.7. The zero-order valence-corrected chi connectivity index (χ0v) is 37.7. The molecule has 4 saturated heterocycles. The number of hydrogen-bond donors (Lipinski definition) is 3. The average molecular weight is 910 g/mol. The van der Waals surface area contributed by atoms with Crippen LogP contribution < -0.4 is 20.7 Å². The fraction of sp³-hybridized carbons (Fsp3) is 0.581. The van der Waals surface area contributed by atoms with Crippen molar-refractivity contribution in [1.29, 1.82) is 0 Å². The molecule has 7 rings (SSSR count). The third-order valence-electron chi connectivity index (χ3n) is 10.6. The number of benzene rings is 1. The molecular formula is C43H63N11O11. The first-order chi connectivity index (χ1) is 29.9. The highest BCUT2D eigenvalue weighted by atomic mass is 16.6. The molecule has 5 amide bonds. The van der Waals surface area contributed by atoms with Gasteiger partial charge in [-0.2, -0.15) is 19.6 Å². The molecule has 0 radical (unpaired) electrons. The van der Waals surface area contributed by atoms with Gasteiger partial charge in [-0.3, -0.25) is 19.7 Å². The van der Waals surface area contributed by atoms with Crippen molar-refractivity contribution >= 4 is 53.2 Å². The van der Waals surface area contributed by atoms with Gasteiger partial charge in [-0.25, -0.2) is 19.2 Å². The zero-order chi connectivity index (χ0) is 47.0. The monoisotopic (exact) mass is 909 g/mol. The molecule has 1 aromatic carbocycles. The molecule has 0 atom stereocenters. The van der Waals surface area contributed by atoms with Crippen LogP contribution in [0.1, 0.15) is 88.5 Å². The molecular weight excluding hydrogens is 847 g/mol. The molecule has 4 fully saturated rings. The van der Waals surface area contributed by atoms with Crippen LogP contribution in [0.15, 0.2) is 49.1 Å². The molecule has 0 saturated carbocycles. The summed E-state index contributed by atoms with van der Waals surface area (Å²) in [5.74, 6) is -0.359. The lowest BCUT2D eigenvalue weighted by Crippen LogP contribution is -2.63. The van der Waals surface area contributed by atoms with Crippen LogP contribution in [0.4, 0.5) is 36.2 Å². The standard InChI is InChI=1S/C18H27N5O4.C12H10N4O5.C12H22N2O2.CH4/c1-13(24)20-14-9-19-23(10-14)15(25)21-7-5-18(6-8-21)11-22(12-18)16(26)27-17(2,3)4;1-8(17)14-9-6-13-15(7-9)12(18)21-11-4-2-10(3-5-11)16(19)20;1-11(2,3)16-10(15)14-8-12(9-14)4-6-13-7-5-12;/h9-10H,5-8,11-12H2,1-4H3,(H,20,24);2-7H,1H3,(H,14,17);13H,4-9H2,1-3H3;1H4. The molecule has 2 aromatic heterocycles. The zero-order valence-electron chi connectivity index (χ0n) is 37.7. The highest BCUT2D eigenvalue weighted by Gasteiger charge is 2.49. The van der Waals surface area contributed by atoms with Crippen LogP contribution in [0.5, 0.6) is 5.75 Å². The second-order valence-corrected chi connectivity index (χ2v) is 18.5. The van der Waals surface area contributed by atoms with Crippen LogP contribution in [-0.4, -0.2) is 139 Å². The van der Waals surface area contributed by atoms with Crippen LogP contribution in [0.3, 0.4) is 0 Å². The summed E-state index contributed by atoms with van der Waals surface area (Å²) in [5.41, 5.74) is 0.339. The van der Waals surface area contributed by atoms with Crippen molar-refractivity contribution in [2.24, 2.45) is 10.8 Å². The van der Waals surface area contributed by atoms with Gasteiger partial charge in [0.05, 0.1) is 41.1 Å². The third-order valence-corrected chi connectivity index (χ3v) is 10.6. The normalized spacial score (nSPS) is 17.0. The van der Waals surface area contributed by atoms with Crippen molar-refractivity contribution in [1.82, 2.24) is 39.6 Å². The first-order valence-electron chi connectivity index (χ1n) is 21.0. The topological polar surface area (TPSA) is 255 Å². The summed E-state index contributed by atoms with van der Waals surface area (Å²) in [6.45, 7) is 20.6. The summed E-state index contributed by atoms with van der Waals surface area (Å²) in [6, 6.07) is 4.83. The molecule has 0 aliphatic carbocycles. The Hall–Kier alpha value is -6.58. The maximum atomic E-state index is 12.6. The molecule has 3 N–H and O–H groups in total. The quantitative estimate of drug-likeness (QED) is 0.195. The number of nitro groups is 1. The number of rotatable bonds is 4. The summed E-state index contributed by atoms with van der Waals surface area (Å²) < 4.78 is 17.9. The lowest BCUT2D eigenvalue weighted by atomic mass is 9.72. The fourth-order valence-corrected chi connectivity index (χ4v) is 7.51. The Bertz CT molecular complexity index is 2160. The lowest BCUT2D eigenvalue weighted by molar-refractivity contribution is -0.384. The number of carbonyl (C=O) groups is 6. The fourth-order valence-electron chi connectivity index (χ4n) is 7.51. The average Bonchev–Trinajstić information content (AvgIpc) is 3.85. The van der Waals surface area contributed by atoms with E-state index in [1.165, 1.54) is 80.4 Å². The van der Waals surface area contributed by atoms with Crippen molar-refractivity contribution in [2.75, 3.05) is 63.0 Å². The van der Waals surface area contributed by atoms with Gasteiger partial charge in [-0.15, -0.1) is 0 Å². The maximum Gasteiger partial charge on any atom is 0.440 e. The number of nitrogens with one attached hydrogen (secondary N) is 3. The first kappa shape index (κ1) is 51.1. The van der Waals surface area contributed by atoms with Gasteiger partial charge < -0.3 is 44.9 Å². The molecule has 4 aliphatic heterocycles. The number of nitrogens with zero attached hydrogens (tertiary/aromatic N) is 8. The molecule has 4 aliphatic rings. The minimum Gasteiger partial charge on any atom is -0.444 e. The molecule has 65 heavy (non-hydrogen) atoms. The third kappa shape index (κ3) is 14.7. The van der Waals surface area contributed by atoms with Gasteiger partial charge in [0.15, 0.2) is 0 Å². The first-order valence-corrected chi connectivity index (χ1v) is 21.0. The molecule has 6 heterocycles. The number of amides is 5. The Kier molecular flexibility index (Phi) is 16.5. The number of likely N-dealkylation sites (tertiary alicyclic amines) is 3. The highest BCUT2D eigenvalue weighted by molar-refractivity contribution is 5.89. The number of non-ortho nitro benzene ring substituents is 1. The number of hydrogen-bond acceptors (Lipinski definition) is 14. The molecule has 22 nitrogen and oxygen atoms in total. The number of carbonyl (C=O) groups excluding carboxylic acids is 6. The predicted octanol–water partition coefficient (Wildman–Crippen LogP) is 6.18. The van der Waals surface area contributed by atoms with E-state index in [9.17, 15) is 38.9 Å². The van der Waals surface area contributed by atoms with Gasteiger partial charge in [0.1, 0.15) is 17.0 Å². The van der Waals surface area contributed by atoms with Gasteiger partial charge in [-0.1, -0.05) is 7.43 Å². The Morgan fingerprint density at radius 3 is 1.54 bits per heavy atom. The van der Waals surface area contributed by atoms with Crippen LogP contribution in [-0.2, 0) is 19.1 Å². The number of aromatic nitrogens is 4. The Morgan fingerprint density at radius 1 is 0.677 bits per heavy atom. The van der Waals surface area contributed by atoms with Crippen LogP contribution in [0.25, 0.3) is 0 Å². The van der Waals surface area contributed by atoms with E-state index in [0.29, 0.717) is 43.0 Å². The van der Waals surface area contributed by atoms with E-state index in [1.54, 1.807) is 9.80 Å². The van der Waals surface area contributed by atoms with Crippen molar-refractivity contribution in [3.63, 3.8) is 0 Å². The number of ether oxygens (including phenoxy) is 3. The molecule has 2 spiro atoms. The van der Waals surface area contributed by atoms with E-state index < -0.39 is 16.6 Å². The lowest BCUT2D eigenvalue weighted by Gasteiger charge is -2.53. The highest BCUT2D eigenvalue weighted by Crippen LogP contribution is 2.41. The van der Waals surface area contributed by atoms with Crippen molar-refractivity contribution in [2.45, 2.75) is 99.7 Å². The smallest absolute Gasteiger partial charge is 0.440 e. The summed E-state index contributed by atoms with van der Waals surface area (Å²) in [6.07, 6.45) is 8.38. The van der Waals surface area contributed by atoms with Crippen LogP contribution >= 0.6 is 0 Å². The molecule has 0 bridgehead atoms. The number of anilines is 2. The van der Waals surface area contributed by atoms with E-state index in [0.717, 1.165) is 43.7 Å². The summed E-state index contributed by atoms with van der Waals surface area (Å²) >= 11 is 0.